The molecular weight excluding hydrogens is 1800 g/mol. The van der Waals surface area contributed by atoms with Gasteiger partial charge in [0.25, 0.3) is 0 Å². The Balaban J connectivity index is 0.0000000907. The zero-order valence-corrected chi connectivity index (χ0v) is 79.8. The van der Waals surface area contributed by atoms with E-state index in [0.29, 0.717) is 79.7 Å². The van der Waals surface area contributed by atoms with E-state index in [1.54, 1.807) is 30.3 Å². The Bertz CT molecular complexity index is 5840. The van der Waals surface area contributed by atoms with Crippen LogP contribution in [-0.4, -0.2) is 272 Å². The lowest BCUT2D eigenvalue weighted by atomic mass is 9.48. The van der Waals surface area contributed by atoms with Crippen LogP contribution in [0.25, 0.3) is 0 Å². The predicted octanol–water partition coefficient (Wildman–Crippen LogP) is 4.17. The first kappa shape index (κ1) is 89.5. The van der Waals surface area contributed by atoms with Crippen LogP contribution in [0.15, 0.2) is 85.0 Å². The molecule has 5 spiro atoms. The topological polar surface area (TPSA) is 385 Å². The highest BCUT2D eigenvalue weighted by Gasteiger charge is 2.80. The SMILES string of the molecule is C=C1CC[C@@]2(O)C3Cc4ccc(O)c5c4[C@@]2(CCN3CC2CC2)C1O5.CC(C1CC1)[NH+]1CC[C@]23c4c5ccc(O)c4OC2C(=O)CC[C@@]3(O)C1C5.COC(=O)/C=C/C(=O)N[C@@H]1CC[C@@]2(O)C3Cc4ccc(O)c5c4[C@@]2(CCN3CC2CC2)C1O5.N[C@@H]1CC[C@@]2(O)C3Cc4ccc(O)c5c4[C@@]2(CCN3CC2CC2)C1O5.Oc1ccc2c3c1OC1[C@@H](O)CC[C@@]4(O)C(C2)N(CC2CCC2)CC[C@]314.[Br-]. The molecule has 5 saturated heterocycles. The fraction of sp³-hybridized carbons (Fsp3) is 0.657. The Kier molecular flexibility index (Phi) is 20.5. The first-order chi connectivity index (χ1) is 65.0. The summed E-state index contributed by atoms with van der Waals surface area (Å²) in [5.41, 5.74) is 11.3. The molecule has 5 aromatic carbocycles. The number of piperidine rings is 5. The number of halogens is 1. The van der Waals surface area contributed by atoms with Crippen molar-refractivity contribution in [3.63, 3.8) is 0 Å². The summed E-state index contributed by atoms with van der Waals surface area (Å²) in [6.07, 6.45) is 28.4. The fourth-order valence-electron chi connectivity index (χ4n) is 33.8. The second-order valence-electron chi connectivity index (χ2n) is 46.7. The molecule has 10 heterocycles. The minimum absolute atomic E-state index is 0. The molecule has 15 fully saturated rings. The number of ether oxygens (including phenoxy) is 6. The average Bonchev–Trinajstić information content (AvgIpc) is 1.13. The second-order valence-corrected chi connectivity index (χ2v) is 46.7. The first-order valence-electron chi connectivity index (χ1n) is 51.7. The smallest absolute Gasteiger partial charge is 0.330 e. The Morgan fingerprint density at radius 1 is 0.471 bits per heavy atom. The average molecular weight is 1930 g/mol. The molecule has 10 bridgehead atoms. The maximum Gasteiger partial charge on any atom is 0.330 e. The van der Waals surface area contributed by atoms with Crippen LogP contribution in [0, 0.1) is 29.6 Å². The molecule has 10 saturated carbocycles. The molecule has 27 nitrogen and oxygen atoms in total. The molecule has 10 aliphatic heterocycles. The van der Waals surface area contributed by atoms with Gasteiger partial charge in [-0.1, -0.05) is 43.3 Å². The summed E-state index contributed by atoms with van der Waals surface area (Å²) in [6.45, 7) is 15.7. The largest absolute Gasteiger partial charge is 1.00 e. The number of hydrogen-bond donors (Lipinski definition) is 14. The molecule has 15 aliphatic carbocycles. The van der Waals surface area contributed by atoms with Gasteiger partial charge in [0.15, 0.2) is 69.4 Å². The highest BCUT2D eigenvalue weighted by atomic mass is 79.9. The van der Waals surface area contributed by atoms with E-state index < -0.39 is 91.4 Å². The summed E-state index contributed by atoms with van der Waals surface area (Å²) in [7, 11) is 1.26. The van der Waals surface area contributed by atoms with E-state index >= 15 is 0 Å². The highest BCUT2D eigenvalue weighted by molar-refractivity contribution is 5.95. The van der Waals surface area contributed by atoms with Crippen LogP contribution < -0.4 is 56.6 Å². The summed E-state index contributed by atoms with van der Waals surface area (Å²) in [5.74, 6) is 6.32. The number of phenolic OH excluding ortho intramolecular Hbond substituents is 5. The summed E-state index contributed by atoms with van der Waals surface area (Å²) in [6, 6.07) is 19.2. The molecule has 28 heteroatoms. The number of nitrogens with two attached hydrogens (primary N) is 1. The van der Waals surface area contributed by atoms with Crippen molar-refractivity contribution in [1.29, 1.82) is 0 Å². The number of likely N-dealkylation sites (tertiary alicyclic amines) is 5. The van der Waals surface area contributed by atoms with E-state index in [-0.39, 0.29) is 106 Å². The van der Waals surface area contributed by atoms with E-state index in [2.05, 4.69) is 43.2 Å². The van der Waals surface area contributed by atoms with E-state index in [9.17, 15) is 70.6 Å². The molecule has 30 rings (SSSR count). The van der Waals surface area contributed by atoms with Gasteiger partial charge in [-0.05, 0) is 294 Å². The van der Waals surface area contributed by atoms with Gasteiger partial charge in [0, 0.05) is 122 Å². The number of amides is 1. The van der Waals surface area contributed by atoms with Crippen molar-refractivity contribution in [2.24, 2.45) is 35.3 Å². The van der Waals surface area contributed by atoms with Crippen molar-refractivity contribution in [3.8, 4) is 57.5 Å². The van der Waals surface area contributed by atoms with E-state index in [0.717, 1.165) is 229 Å². The van der Waals surface area contributed by atoms with Crippen molar-refractivity contribution >= 4 is 17.7 Å². The number of methoxy groups -OCH3 is 1. The number of quaternary nitrogens is 1. The van der Waals surface area contributed by atoms with Crippen molar-refractivity contribution in [1.82, 2.24) is 24.9 Å². The van der Waals surface area contributed by atoms with Crippen LogP contribution >= 0.6 is 0 Å². The van der Waals surface area contributed by atoms with Crippen molar-refractivity contribution in [3.05, 3.63) is 141 Å². The minimum Gasteiger partial charge on any atom is -1.00 e. The highest BCUT2D eigenvalue weighted by Crippen LogP contribution is 2.73. The van der Waals surface area contributed by atoms with Crippen LogP contribution in [0.2, 0.25) is 0 Å². The van der Waals surface area contributed by atoms with Gasteiger partial charge < -0.3 is 118 Å². The molecule has 15 N–H and O–H groups in total. The third-order valence-corrected chi connectivity index (χ3v) is 40.8. The Labute approximate surface area is 804 Å². The van der Waals surface area contributed by atoms with Gasteiger partial charge in [-0.3, -0.25) is 29.2 Å². The molecule has 1 amide bonds. The first-order valence-corrected chi connectivity index (χ1v) is 51.7. The van der Waals surface area contributed by atoms with Crippen LogP contribution in [0.1, 0.15) is 229 Å². The summed E-state index contributed by atoms with van der Waals surface area (Å²) in [4.78, 5) is 48.4. The minimum atomic E-state index is -0.986. The Morgan fingerprint density at radius 3 is 1.32 bits per heavy atom. The number of esters is 1. The number of ketones is 1. The van der Waals surface area contributed by atoms with Crippen LogP contribution in [0.4, 0.5) is 0 Å². The number of aliphatic hydroxyl groups is 6. The number of phenols is 5. The normalized spacial score (nSPS) is 41.2. The van der Waals surface area contributed by atoms with Crippen LogP contribution in [0.3, 0.4) is 0 Å². The lowest BCUT2D eigenvalue weighted by Crippen LogP contribution is -3.24. The summed E-state index contributed by atoms with van der Waals surface area (Å²) >= 11 is 0. The molecule has 136 heavy (non-hydrogen) atoms. The van der Waals surface area contributed by atoms with Crippen molar-refractivity contribution in [2.75, 3.05) is 66.0 Å². The van der Waals surface area contributed by atoms with Gasteiger partial charge in [-0.2, -0.15) is 0 Å². The van der Waals surface area contributed by atoms with Gasteiger partial charge in [-0.15, -0.1) is 0 Å². The fourth-order valence-corrected chi connectivity index (χ4v) is 33.8. The Morgan fingerprint density at radius 2 is 0.860 bits per heavy atom. The third-order valence-electron chi connectivity index (χ3n) is 40.8. The molecule has 0 radical (unpaired) electrons. The number of carbonyl (C=O) groups excluding carboxylic acids is 3. The van der Waals surface area contributed by atoms with E-state index in [1.165, 1.54) is 99.3 Å². The van der Waals surface area contributed by atoms with Crippen molar-refractivity contribution in [2.45, 2.75) is 346 Å². The number of benzene rings is 5. The zero-order chi connectivity index (χ0) is 92.4. The summed E-state index contributed by atoms with van der Waals surface area (Å²) < 4.78 is 35.7. The number of Topliss-reactive ketones (excluding diaryl/α,β-unsaturated/α-hetero) is 1. The number of aliphatic hydroxyl groups excluding tert-OH is 1. The molecule has 12 unspecified atom stereocenters. The molecule has 5 aromatic rings. The maximum atomic E-state index is 12.8. The van der Waals surface area contributed by atoms with Gasteiger partial charge in [0.2, 0.25) is 5.91 Å². The zero-order valence-electron chi connectivity index (χ0n) is 78.2. The monoisotopic (exact) mass is 1930 g/mol. The lowest BCUT2D eigenvalue weighted by Gasteiger charge is -2.64. The number of nitrogens with zero attached hydrogens (tertiary/aromatic N) is 4. The van der Waals surface area contributed by atoms with E-state index in [1.807, 2.05) is 30.3 Å². The molecule has 25 aliphatic rings. The summed E-state index contributed by atoms with van der Waals surface area (Å²) in [5, 5.41) is 127. The van der Waals surface area contributed by atoms with Gasteiger partial charge in [0.1, 0.15) is 36.1 Å². The quantitative estimate of drug-likeness (QED) is 0.0447. The van der Waals surface area contributed by atoms with Crippen LogP contribution in [-0.2, 0) is 78.3 Å². The predicted molar refractivity (Wildman–Crippen MR) is 494 cm³/mol. The third kappa shape index (κ3) is 12.0. The van der Waals surface area contributed by atoms with Crippen LogP contribution in [0.5, 0.6) is 57.5 Å². The number of nitrogens with one attached hydrogen (secondary N) is 2. The number of carbonyl (C=O) groups is 3. The molecule has 0 aromatic heterocycles. The van der Waals surface area contributed by atoms with Gasteiger partial charge in [-0.25, -0.2) is 4.79 Å². The Hall–Kier alpha value is -7.81. The second kappa shape index (κ2) is 31.1. The maximum absolute atomic E-state index is 12.8. The molecule has 25 atom stereocenters. The molecular formula is C108H134BrN7O20. The van der Waals surface area contributed by atoms with Gasteiger partial charge >= 0.3 is 5.97 Å². The number of aromatic hydroxyl groups is 5. The standard InChI is InChI=1S/C25H30N2O6.C21H25NO4.C21H27NO4.C21H25NO3.C20H26N2O3.BrH/c1-32-20(30)7-6-19(29)26-16-8-9-25(31)18-12-15-4-5-17(28)22-21(15)24(25,23(16)33-22)10-11-27(18)13-14-2-3-14;1-11(12-2-3-12)22-9-8-20-17-13-4-5-14(23)18(17)26-19(20)15(24)6-7-21(20,25)16(22)10-13;23-14-5-4-13-10-16-21(25)7-6-15(24)19-20(21,17(13)18(14)26-19)8-9-22(16)11-12-2-1-3-12;1-12-6-7-21(24)16-10-14-4-5-15(23)18-17(14)20(21,19(12)25-18)8-9-22(16)11-13-2-3-13;21-13-5-6-20(24)15-9-12-3-4-14(23)17-16(12)19(20,18(13)25-17)7-8-22(15)10-11-1-2-11;/h4-7,14,16,18,23,28,31H,2-3,8-13H2,1H3,(H,26,29);4-5,11-12,16,19,23,25H,2-3,6-10H2,1H3;4-5,12,15-16,19,23-25H,1-3,6-11H2;4-5,13,16,19,23-24H,1-3,6-11H2;3-4,11,13,15,18,23-24H,1-2,5-10,21H2;1H/b7-6+;;;;;/t16-,18?,23?,24+,25-;11?,16?,19?,20-,21+;15-,16?,19?,20-,21+;16?,19?,20-,21+;13-,15?,18?,19+,20-;/m10001./s1. The lowest BCUT2D eigenvalue weighted by molar-refractivity contribution is -0.965. The van der Waals surface area contributed by atoms with Crippen molar-refractivity contribution < 1.29 is 121 Å². The number of hydrogen-bond acceptors (Lipinski definition) is 25. The molecule has 728 valence electrons. The van der Waals surface area contributed by atoms with E-state index in [4.69, 9.17) is 29.4 Å². The van der Waals surface area contributed by atoms with Gasteiger partial charge in [0.05, 0.1) is 81.3 Å². The number of rotatable bonds is 13.